The number of hydrogen-bond acceptors (Lipinski definition) is 2. The minimum Gasteiger partial charge on any atom is -0.327 e. The summed E-state index contributed by atoms with van der Waals surface area (Å²) in [7, 11) is 0. The van der Waals surface area contributed by atoms with Crippen molar-refractivity contribution < 1.29 is 0 Å². The van der Waals surface area contributed by atoms with Crippen molar-refractivity contribution in [3.05, 3.63) is 47.5 Å². The normalized spacial score (nSPS) is 11.6. The van der Waals surface area contributed by atoms with Gasteiger partial charge in [0.1, 0.15) is 0 Å². The van der Waals surface area contributed by atoms with Gasteiger partial charge in [0.25, 0.3) is 0 Å². The molecule has 0 aliphatic heterocycles. The Bertz CT molecular complexity index is 380. The Balaban J connectivity index is 2.96. The zero-order valence-electron chi connectivity index (χ0n) is 9.20. The van der Waals surface area contributed by atoms with Crippen LogP contribution in [0.4, 0.5) is 0 Å². The van der Waals surface area contributed by atoms with Crippen molar-refractivity contribution in [1.29, 1.82) is 5.26 Å². The van der Waals surface area contributed by atoms with E-state index in [1.54, 1.807) is 0 Å². The molecule has 2 heteroatoms. The van der Waals surface area contributed by atoms with Crippen LogP contribution in [0.5, 0.6) is 0 Å². The van der Waals surface area contributed by atoms with E-state index in [0.717, 1.165) is 0 Å². The summed E-state index contributed by atoms with van der Waals surface area (Å²) in [5.74, 6) is 0. The fraction of sp³-hybridized carbons (Fsp3) is 0.308. The van der Waals surface area contributed by atoms with Gasteiger partial charge in [-0.1, -0.05) is 38.1 Å². The first kappa shape index (κ1) is 11.5. The van der Waals surface area contributed by atoms with Crippen LogP contribution in [0, 0.1) is 11.3 Å². The largest absolute Gasteiger partial charge is 0.327 e. The molecule has 2 nitrogen and oxygen atoms in total. The second-order valence-electron chi connectivity index (χ2n) is 4.05. The molecule has 0 atom stereocenters. The first-order valence-corrected chi connectivity index (χ1v) is 4.98. The first-order valence-electron chi connectivity index (χ1n) is 4.98. The summed E-state index contributed by atoms with van der Waals surface area (Å²) in [5.41, 5.74) is 7.27. The molecule has 1 aromatic carbocycles. The van der Waals surface area contributed by atoms with Crippen molar-refractivity contribution in [2.24, 2.45) is 5.73 Å². The van der Waals surface area contributed by atoms with E-state index in [0.29, 0.717) is 12.1 Å². The van der Waals surface area contributed by atoms with Crippen LogP contribution in [-0.2, 0) is 5.41 Å². The van der Waals surface area contributed by atoms with Gasteiger partial charge in [0.05, 0.1) is 11.6 Å². The molecule has 0 saturated carbocycles. The van der Waals surface area contributed by atoms with E-state index in [1.807, 2.05) is 30.3 Å². The summed E-state index contributed by atoms with van der Waals surface area (Å²) in [5, 5.41) is 8.69. The summed E-state index contributed by atoms with van der Waals surface area (Å²) in [4.78, 5) is 0. The van der Waals surface area contributed by atoms with Gasteiger partial charge in [-0.05, 0) is 17.7 Å². The van der Waals surface area contributed by atoms with Crippen molar-refractivity contribution in [2.75, 3.05) is 6.54 Å². The molecule has 1 aromatic rings. The summed E-state index contributed by atoms with van der Waals surface area (Å²) >= 11 is 0. The van der Waals surface area contributed by atoms with E-state index in [1.165, 1.54) is 5.56 Å². The highest BCUT2D eigenvalue weighted by atomic mass is 14.5. The van der Waals surface area contributed by atoms with Crippen molar-refractivity contribution in [2.45, 2.75) is 19.3 Å². The summed E-state index contributed by atoms with van der Waals surface area (Å²) < 4.78 is 0. The number of benzene rings is 1. The number of nitrogens with zero attached hydrogens (tertiary/aromatic N) is 1. The van der Waals surface area contributed by atoms with Crippen LogP contribution < -0.4 is 5.73 Å². The molecule has 0 aliphatic carbocycles. The summed E-state index contributed by atoms with van der Waals surface area (Å²) in [6, 6.07) is 9.76. The zero-order chi connectivity index (χ0) is 11.3. The van der Waals surface area contributed by atoms with Crippen molar-refractivity contribution in [1.82, 2.24) is 0 Å². The van der Waals surface area contributed by atoms with Crippen LogP contribution in [0.3, 0.4) is 0 Å². The molecule has 15 heavy (non-hydrogen) atoms. The first-order chi connectivity index (χ1) is 7.10. The molecule has 0 aromatic heterocycles. The lowest BCUT2D eigenvalue weighted by atomic mass is 9.84. The lowest BCUT2D eigenvalue weighted by molar-refractivity contribution is 0.668. The van der Waals surface area contributed by atoms with Gasteiger partial charge in [-0.3, -0.25) is 0 Å². The molecule has 1 rings (SSSR count). The Morgan fingerprint density at radius 2 is 1.93 bits per heavy atom. The molecule has 0 amide bonds. The third-order valence-corrected chi connectivity index (χ3v) is 2.43. The van der Waals surface area contributed by atoms with Gasteiger partial charge >= 0.3 is 0 Å². The standard InChI is InChI=1S/C13H16N2/c1-13(2,8-3-9-14)12-6-4-11(10-15)5-7-12/h3-8H,9,14H2,1-2H3/b8-3+. The van der Waals surface area contributed by atoms with Crippen LogP contribution in [0.1, 0.15) is 25.0 Å². The molecular weight excluding hydrogens is 184 g/mol. The van der Waals surface area contributed by atoms with Gasteiger partial charge in [0.2, 0.25) is 0 Å². The molecule has 2 N–H and O–H groups in total. The van der Waals surface area contributed by atoms with E-state index in [2.05, 4.69) is 26.0 Å². The topological polar surface area (TPSA) is 49.8 Å². The number of rotatable bonds is 3. The monoisotopic (exact) mass is 200 g/mol. The minimum absolute atomic E-state index is 0.0344. The Kier molecular flexibility index (Phi) is 3.65. The molecule has 78 valence electrons. The highest BCUT2D eigenvalue weighted by Crippen LogP contribution is 2.24. The van der Waals surface area contributed by atoms with Crippen LogP contribution in [-0.4, -0.2) is 6.54 Å². The molecule has 0 heterocycles. The van der Waals surface area contributed by atoms with Gasteiger partial charge in [-0.15, -0.1) is 0 Å². The fourth-order valence-corrected chi connectivity index (χ4v) is 1.43. The van der Waals surface area contributed by atoms with E-state index in [-0.39, 0.29) is 5.41 Å². The highest BCUT2D eigenvalue weighted by Gasteiger charge is 2.15. The zero-order valence-corrected chi connectivity index (χ0v) is 9.20. The Morgan fingerprint density at radius 3 is 2.40 bits per heavy atom. The molecule has 0 unspecified atom stereocenters. The number of nitriles is 1. The Labute approximate surface area is 91.0 Å². The van der Waals surface area contributed by atoms with Gasteiger partial charge < -0.3 is 5.73 Å². The molecule has 0 aliphatic rings. The SMILES string of the molecule is CC(C)(/C=C/CN)c1ccc(C#N)cc1. The van der Waals surface area contributed by atoms with Crippen molar-refractivity contribution >= 4 is 0 Å². The maximum atomic E-state index is 8.69. The molecule has 0 spiro atoms. The van der Waals surface area contributed by atoms with Gasteiger partial charge in [-0.25, -0.2) is 0 Å². The average molecular weight is 200 g/mol. The third-order valence-electron chi connectivity index (χ3n) is 2.43. The maximum Gasteiger partial charge on any atom is 0.0991 e. The van der Waals surface area contributed by atoms with Gasteiger partial charge in [0.15, 0.2) is 0 Å². The number of hydrogen-bond donors (Lipinski definition) is 1. The molecule has 0 radical (unpaired) electrons. The van der Waals surface area contributed by atoms with E-state index in [4.69, 9.17) is 11.0 Å². The van der Waals surface area contributed by atoms with Crippen LogP contribution >= 0.6 is 0 Å². The number of allylic oxidation sites excluding steroid dienone is 1. The predicted octanol–water partition coefficient (Wildman–Crippen LogP) is 2.35. The Morgan fingerprint density at radius 1 is 1.33 bits per heavy atom. The minimum atomic E-state index is -0.0344. The van der Waals surface area contributed by atoms with E-state index < -0.39 is 0 Å². The fourth-order valence-electron chi connectivity index (χ4n) is 1.43. The van der Waals surface area contributed by atoms with Crippen LogP contribution in [0.15, 0.2) is 36.4 Å². The van der Waals surface area contributed by atoms with E-state index >= 15 is 0 Å². The Hall–Kier alpha value is -1.59. The lowest BCUT2D eigenvalue weighted by Crippen LogP contribution is -2.14. The molecule has 0 bridgehead atoms. The maximum absolute atomic E-state index is 8.69. The second-order valence-corrected chi connectivity index (χ2v) is 4.05. The highest BCUT2D eigenvalue weighted by molar-refractivity contribution is 5.36. The van der Waals surface area contributed by atoms with Gasteiger partial charge in [0, 0.05) is 12.0 Å². The third kappa shape index (κ3) is 2.93. The molecule has 0 fully saturated rings. The summed E-state index contributed by atoms with van der Waals surface area (Å²) in [6.07, 6.45) is 4.05. The van der Waals surface area contributed by atoms with E-state index in [9.17, 15) is 0 Å². The van der Waals surface area contributed by atoms with Gasteiger partial charge in [-0.2, -0.15) is 5.26 Å². The molecule has 0 saturated heterocycles. The number of nitrogens with two attached hydrogens (primary N) is 1. The molecular formula is C13H16N2. The quantitative estimate of drug-likeness (QED) is 0.761. The lowest BCUT2D eigenvalue weighted by Gasteiger charge is -2.20. The van der Waals surface area contributed by atoms with Crippen molar-refractivity contribution in [3.8, 4) is 6.07 Å². The van der Waals surface area contributed by atoms with Crippen molar-refractivity contribution in [3.63, 3.8) is 0 Å². The average Bonchev–Trinajstić information content (AvgIpc) is 2.26. The summed E-state index contributed by atoms with van der Waals surface area (Å²) in [6.45, 7) is 4.81. The van der Waals surface area contributed by atoms with Crippen LogP contribution in [0.25, 0.3) is 0 Å². The van der Waals surface area contributed by atoms with Crippen LogP contribution in [0.2, 0.25) is 0 Å². The predicted molar refractivity (Wildman–Crippen MR) is 62.4 cm³/mol. The smallest absolute Gasteiger partial charge is 0.0991 e. The second kappa shape index (κ2) is 4.77.